The molecule has 1 unspecified atom stereocenters. The zero-order chi connectivity index (χ0) is 24.7. The molecule has 4 aromatic rings. The summed E-state index contributed by atoms with van der Waals surface area (Å²) in [5, 5.41) is 18.2. The quantitative estimate of drug-likeness (QED) is 0.406. The van der Waals surface area contributed by atoms with Crippen LogP contribution < -0.4 is 10.5 Å². The second-order valence-electron chi connectivity index (χ2n) is 7.60. The third-order valence-corrected chi connectivity index (χ3v) is 6.67. The van der Waals surface area contributed by atoms with E-state index in [0.717, 1.165) is 16.3 Å². The van der Waals surface area contributed by atoms with Gasteiger partial charge in [0.25, 0.3) is 5.91 Å². The number of nitrogens with two attached hydrogens (primary N) is 1. The summed E-state index contributed by atoms with van der Waals surface area (Å²) in [6.45, 7) is 1.34. The van der Waals surface area contributed by atoms with Gasteiger partial charge in [0.2, 0.25) is 11.5 Å². The lowest BCUT2D eigenvalue weighted by atomic mass is 9.96. The van der Waals surface area contributed by atoms with Crippen molar-refractivity contribution in [1.82, 2.24) is 20.0 Å². The molecule has 0 bridgehead atoms. The molecule has 0 fully saturated rings. The van der Waals surface area contributed by atoms with Gasteiger partial charge in [-0.2, -0.15) is 13.2 Å². The normalized spacial score (nSPS) is 13.7. The number of rotatable bonds is 7. The Morgan fingerprint density at radius 2 is 2.03 bits per heavy atom. The molecule has 0 spiro atoms. The Morgan fingerprint density at radius 3 is 2.62 bits per heavy atom. The Morgan fingerprint density at radius 1 is 1.26 bits per heavy atom. The van der Waals surface area contributed by atoms with Crippen LogP contribution in [0.1, 0.15) is 34.3 Å². The summed E-state index contributed by atoms with van der Waals surface area (Å²) in [4.78, 5) is 16.7. The van der Waals surface area contributed by atoms with Crippen molar-refractivity contribution >= 4 is 27.3 Å². The molecule has 0 aliphatic heterocycles. The molecule has 1 atom stereocenters. The van der Waals surface area contributed by atoms with E-state index in [-0.39, 0.29) is 6.54 Å². The van der Waals surface area contributed by atoms with Crippen LogP contribution in [0.4, 0.5) is 13.2 Å². The second kappa shape index (κ2) is 8.69. The van der Waals surface area contributed by atoms with Crippen molar-refractivity contribution in [2.24, 2.45) is 5.73 Å². The first-order valence-electron chi connectivity index (χ1n) is 10.1. The third-order valence-electron chi connectivity index (χ3n) is 5.50. The highest BCUT2D eigenvalue weighted by Crippen LogP contribution is 2.41. The van der Waals surface area contributed by atoms with Crippen LogP contribution in [0, 0.1) is 0 Å². The molecule has 3 heterocycles. The number of fused-ring (bicyclic) bond motifs is 1. The van der Waals surface area contributed by atoms with Crippen LogP contribution >= 0.6 is 11.3 Å². The van der Waals surface area contributed by atoms with Crippen LogP contribution in [-0.4, -0.2) is 44.3 Å². The fourth-order valence-electron chi connectivity index (χ4n) is 3.63. The maximum atomic E-state index is 13.3. The van der Waals surface area contributed by atoms with Crippen molar-refractivity contribution < 1.29 is 27.8 Å². The maximum absolute atomic E-state index is 13.3. The van der Waals surface area contributed by atoms with Gasteiger partial charge in [-0.1, -0.05) is 24.3 Å². The Balaban J connectivity index is 1.69. The van der Waals surface area contributed by atoms with Crippen LogP contribution in [0.3, 0.4) is 0 Å². The minimum Gasteiger partial charge on any atom is -0.481 e. The zero-order valence-corrected chi connectivity index (χ0v) is 18.9. The van der Waals surface area contributed by atoms with Crippen LogP contribution in [0.25, 0.3) is 21.2 Å². The fraction of sp³-hybridized carbons (Fsp3) is 0.273. The number of carbonyl (C=O) groups excluding carboxylic acids is 1. The number of ether oxygens (including phenoxy) is 1. The van der Waals surface area contributed by atoms with Crippen LogP contribution in [0.2, 0.25) is 0 Å². The molecule has 1 aromatic carbocycles. The number of methoxy groups -OCH3 is 1. The summed E-state index contributed by atoms with van der Waals surface area (Å²) in [6, 6.07) is 8.85. The number of primary amides is 1. The Bertz CT molecular complexity index is 1350. The Hall–Kier alpha value is -3.51. The van der Waals surface area contributed by atoms with Gasteiger partial charge in [0, 0.05) is 33.5 Å². The van der Waals surface area contributed by atoms with Crippen molar-refractivity contribution in [1.29, 1.82) is 0 Å². The molecule has 178 valence electrons. The van der Waals surface area contributed by atoms with E-state index in [9.17, 15) is 23.1 Å². The largest absolute Gasteiger partial charge is 0.481 e. The molecule has 0 aliphatic rings. The van der Waals surface area contributed by atoms with Gasteiger partial charge in [-0.15, -0.1) is 16.4 Å². The summed E-state index contributed by atoms with van der Waals surface area (Å²) in [5.41, 5.74) is 4.04. The summed E-state index contributed by atoms with van der Waals surface area (Å²) in [6.07, 6.45) is -2.79. The van der Waals surface area contributed by atoms with Gasteiger partial charge < -0.3 is 15.6 Å². The minimum absolute atomic E-state index is 0.115. The molecule has 0 saturated carbocycles. The predicted molar refractivity (Wildman–Crippen MR) is 119 cm³/mol. The highest BCUT2D eigenvalue weighted by atomic mass is 32.1. The van der Waals surface area contributed by atoms with E-state index in [0.29, 0.717) is 27.4 Å². The number of pyridine rings is 1. The number of aromatic nitrogens is 4. The summed E-state index contributed by atoms with van der Waals surface area (Å²) >= 11 is 1.21. The standard InChI is InChI=1S/C22H20F3N5O3S/c1-3-21(32,22(23,24)25)16-11-30(29-28-16)10-12-4-6-14-15(8-12)34-19(20(26)31)18(14)13-5-7-17(33-2)27-9-13/h4-9,11,32H,3,10H2,1-2H3,(H2,26,31). The van der Waals surface area contributed by atoms with E-state index in [1.54, 1.807) is 24.4 Å². The molecule has 0 aliphatic carbocycles. The number of carbonyl (C=O) groups is 1. The molecule has 1 amide bonds. The van der Waals surface area contributed by atoms with Gasteiger partial charge >= 0.3 is 6.18 Å². The zero-order valence-electron chi connectivity index (χ0n) is 18.1. The first-order chi connectivity index (χ1) is 16.1. The summed E-state index contributed by atoms with van der Waals surface area (Å²) in [5.74, 6) is -0.153. The van der Waals surface area contributed by atoms with E-state index in [4.69, 9.17) is 10.5 Å². The van der Waals surface area contributed by atoms with Crippen molar-refractivity contribution in [3.05, 3.63) is 58.9 Å². The van der Waals surface area contributed by atoms with Crippen LogP contribution in [0.5, 0.6) is 5.88 Å². The van der Waals surface area contributed by atoms with Gasteiger partial charge in [0.15, 0.2) is 0 Å². The number of amides is 1. The van der Waals surface area contributed by atoms with Crippen molar-refractivity contribution in [2.75, 3.05) is 7.11 Å². The van der Waals surface area contributed by atoms with Gasteiger partial charge in [0.05, 0.1) is 19.9 Å². The SMILES string of the molecule is CCC(O)(c1cn(Cc2ccc3c(-c4ccc(OC)nc4)c(C(N)=O)sc3c2)nn1)C(F)(F)F. The minimum atomic E-state index is -4.88. The smallest absolute Gasteiger partial charge is 0.423 e. The van der Waals surface area contributed by atoms with E-state index in [1.165, 1.54) is 30.1 Å². The highest BCUT2D eigenvalue weighted by Gasteiger charge is 2.55. The Kier molecular flexibility index (Phi) is 6.04. The third kappa shape index (κ3) is 4.10. The van der Waals surface area contributed by atoms with E-state index in [2.05, 4.69) is 15.3 Å². The van der Waals surface area contributed by atoms with Gasteiger partial charge in [-0.25, -0.2) is 9.67 Å². The number of halogens is 3. The number of thiophene rings is 1. The first-order valence-corrected chi connectivity index (χ1v) is 10.9. The van der Waals surface area contributed by atoms with Gasteiger partial charge in [-0.05, 0) is 24.1 Å². The van der Waals surface area contributed by atoms with Crippen molar-refractivity contribution in [2.45, 2.75) is 31.7 Å². The number of nitrogens with zero attached hydrogens (tertiary/aromatic N) is 4. The van der Waals surface area contributed by atoms with E-state index < -0.39 is 29.8 Å². The molecule has 34 heavy (non-hydrogen) atoms. The fourth-order valence-corrected chi connectivity index (χ4v) is 4.77. The molecule has 8 nitrogen and oxygen atoms in total. The number of aliphatic hydroxyl groups is 1. The summed E-state index contributed by atoms with van der Waals surface area (Å²) < 4.78 is 47.0. The predicted octanol–water partition coefficient (Wildman–Crippen LogP) is 3.87. The lowest BCUT2D eigenvalue weighted by molar-refractivity contribution is -0.269. The summed E-state index contributed by atoms with van der Waals surface area (Å²) in [7, 11) is 1.50. The lowest BCUT2D eigenvalue weighted by Crippen LogP contribution is -2.42. The average molecular weight is 491 g/mol. The number of hydrogen-bond donors (Lipinski definition) is 2. The number of alkyl halides is 3. The first kappa shape index (κ1) is 23.6. The monoisotopic (exact) mass is 491 g/mol. The number of benzene rings is 1. The second-order valence-corrected chi connectivity index (χ2v) is 8.66. The average Bonchev–Trinajstić information content (AvgIpc) is 3.42. The van der Waals surface area contributed by atoms with Gasteiger partial charge in [0.1, 0.15) is 10.6 Å². The van der Waals surface area contributed by atoms with E-state index in [1.807, 2.05) is 12.1 Å². The maximum Gasteiger partial charge on any atom is 0.423 e. The molecule has 0 saturated heterocycles. The Labute approximate surface area is 195 Å². The number of hydrogen-bond acceptors (Lipinski definition) is 7. The molecule has 0 radical (unpaired) electrons. The van der Waals surface area contributed by atoms with Crippen molar-refractivity contribution in [3.8, 4) is 17.0 Å². The molecule has 3 aromatic heterocycles. The molecular formula is C22H20F3N5O3S. The molecule has 3 N–H and O–H groups in total. The van der Waals surface area contributed by atoms with Gasteiger partial charge in [-0.3, -0.25) is 4.79 Å². The highest BCUT2D eigenvalue weighted by molar-refractivity contribution is 7.21. The van der Waals surface area contributed by atoms with Crippen LogP contribution in [0.15, 0.2) is 42.7 Å². The van der Waals surface area contributed by atoms with Crippen LogP contribution in [-0.2, 0) is 12.1 Å². The topological polar surface area (TPSA) is 116 Å². The van der Waals surface area contributed by atoms with E-state index >= 15 is 0 Å². The van der Waals surface area contributed by atoms with Crippen molar-refractivity contribution in [3.63, 3.8) is 0 Å². The molecular weight excluding hydrogens is 471 g/mol. The lowest BCUT2D eigenvalue weighted by Gasteiger charge is -2.26. The molecule has 4 rings (SSSR count). The molecule has 12 heteroatoms.